The topological polar surface area (TPSA) is 3.24 Å². The van der Waals surface area contributed by atoms with Crippen LogP contribution in [0, 0.1) is 29.2 Å². The molecule has 0 aliphatic carbocycles. The van der Waals surface area contributed by atoms with Gasteiger partial charge in [-0.25, -0.2) is 17.6 Å². The molecule has 1 unspecified atom stereocenters. The number of unbranched alkanes of at least 4 members (excludes halogenated alkanes) is 2. The first-order valence-electron chi connectivity index (χ1n) is 9.04. The first-order chi connectivity index (χ1) is 11.5. The van der Waals surface area contributed by atoms with Crippen LogP contribution in [0.15, 0.2) is 6.07 Å². The quantitative estimate of drug-likeness (QED) is 0.252. The SMILES string of the molecule is CCCCC(CC)CCN(CCCC)c1cc(F)c(F)c(F)c1F. The van der Waals surface area contributed by atoms with Crippen LogP contribution in [0.4, 0.5) is 23.2 Å². The molecule has 0 spiro atoms. The van der Waals surface area contributed by atoms with Gasteiger partial charge in [-0.05, 0) is 18.8 Å². The fourth-order valence-corrected chi connectivity index (χ4v) is 2.88. The number of benzene rings is 1. The fraction of sp³-hybridized carbons (Fsp3) is 0.684. The van der Waals surface area contributed by atoms with E-state index >= 15 is 0 Å². The second-order valence-electron chi connectivity index (χ2n) is 6.37. The molecule has 1 aromatic carbocycles. The Morgan fingerprint density at radius 2 is 1.50 bits per heavy atom. The third-order valence-corrected chi connectivity index (χ3v) is 4.56. The molecule has 0 saturated carbocycles. The number of rotatable bonds is 11. The smallest absolute Gasteiger partial charge is 0.199 e. The maximum Gasteiger partial charge on any atom is 0.199 e. The Hall–Kier alpha value is -1.26. The highest BCUT2D eigenvalue weighted by atomic mass is 19.2. The lowest BCUT2D eigenvalue weighted by Gasteiger charge is -2.27. The van der Waals surface area contributed by atoms with Gasteiger partial charge in [-0.3, -0.25) is 0 Å². The van der Waals surface area contributed by atoms with E-state index in [0.717, 1.165) is 51.0 Å². The second-order valence-corrected chi connectivity index (χ2v) is 6.37. The second kappa shape index (κ2) is 10.6. The summed E-state index contributed by atoms with van der Waals surface area (Å²) in [4.78, 5) is 1.65. The molecular weight excluding hydrogens is 318 g/mol. The lowest BCUT2D eigenvalue weighted by molar-refractivity contribution is 0.402. The number of halogens is 4. The average molecular weight is 347 g/mol. The van der Waals surface area contributed by atoms with Crippen molar-refractivity contribution in [1.29, 1.82) is 0 Å². The number of hydrogen-bond donors (Lipinski definition) is 0. The first kappa shape index (κ1) is 20.8. The molecule has 0 aliphatic heterocycles. The van der Waals surface area contributed by atoms with E-state index in [1.54, 1.807) is 4.90 Å². The van der Waals surface area contributed by atoms with Crippen LogP contribution in [-0.2, 0) is 0 Å². The maximum absolute atomic E-state index is 14.1. The van der Waals surface area contributed by atoms with E-state index in [1.165, 1.54) is 0 Å². The van der Waals surface area contributed by atoms with Gasteiger partial charge in [0.05, 0.1) is 5.69 Å². The Kier molecular flexibility index (Phi) is 9.16. The minimum Gasteiger partial charge on any atom is -0.369 e. The Morgan fingerprint density at radius 3 is 2.08 bits per heavy atom. The zero-order valence-electron chi connectivity index (χ0n) is 15.0. The lowest BCUT2D eigenvalue weighted by Crippen LogP contribution is -2.28. The van der Waals surface area contributed by atoms with Crippen LogP contribution in [0.2, 0.25) is 0 Å². The summed E-state index contributed by atoms with van der Waals surface area (Å²) in [6, 6.07) is 0.774. The molecular formula is C19H29F4N. The summed E-state index contributed by atoms with van der Waals surface area (Å²) in [7, 11) is 0. The minimum absolute atomic E-state index is 0.176. The third kappa shape index (κ3) is 5.67. The van der Waals surface area contributed by atoms with Gasteiger partial charge in [0.2, 0.25) is 0 Å². The Labute approximate surface area is 143 Å². The Morgan fingerprint density at radius 1 is 0.833 bits per heavy atom. The van der Waals surface area contributed by atoms with Gasteiger partial charge in [-0.2, -0.15) is 0 Å². The zero-order valence-corrected chi connectivity index (χ0v) is 15.0. The van der Waals surface area contributed by atoms with Gasteiger partial charge in [0, 0.05) is 19.2 Å². The van der Waals surface area contributed by atoms with E-state index in [1.807, 2.05) is 6.92 Å². The van der Waals surface area contributed by atoms with Gasteiger partial charge in [-0.15, -0.1) is 0 Å². The van der Waals surface area contributed by atoms with Gasteiger partial charge in [0.15, 0.2) is 23.3 Å². The third-order valence-electron chi connectivity index (χ3n) is 4.56. The molecule has 5 heteroatoms. The monoisotopic (exact) mass is 347 g/mol. The normalized spacial score (nSPS) is 12.5. The standard InChI is InChI=1S/C19H29F4N/c1-4-7-9-14(6-3)10-12-24(11-8-5-2)16-13-15(20)17(21)19(23)18(16)22/h13-14H,4-12H2,1-3H3. The number of nitrogens with zero attached hydrogens (tertiary/aromatic N) is 1. The van der Waals surface area contributed by atoms with Crippen LogP contribution in [0.5, 0.6) is 0 Å². The van der Waals surface area contributed by atoms with E-state index in [9.17, 15) is 17.6 Å². The largest absolute Gasteiger partial charge is 0.369 e. The van der Waals surface area contributed by atoms with E-state index in [-0.39, 0.29) is 5.69 Å². The van der Waals surface area contributed by atoms with Crippen LogP contribution >= 0.6 is 0 Å². The Balaban J connectivity index is 2.93. The molecule has 0 fully saturated rings. The minimum atomic E-state index is -1.75. The highest BCUT2D eigenvalue weighted by molar-refractivity contribution is 5.49. The van der Waals surface area contributed by atoms with Crippen molar-refractivity contribution in [2.75, 3.05) is 18.0 Å². The van der Waals surface area contributed by atoms with Crippen LogP contribution in [0.25, 0.3) is 0 Å². The highest BCUT2D eigenvalue weighted by Crippen LogP contribution is 2.28. The number of hydrogen-bond acceptors (Lipinski definition) is 1. The highest BCUT2D eigenvalue weighted by Gasteiger charge is 2.22. The summed E-state index contributed by atoms with van der Waals surface area (Å²) >= 11 is 0. The summed E-state index contributed by atoms with van der Waals surface area (Å²) in [6.45, 7) is 7.27. The van der Waals surface area contributed by atoms with Crippen LogP contribution in [0.1, 0.15) is 65.7 Å². The lowest BCUT2D eigenvalue weighted by atomic mass is 9.95. The molecule has 0 aliphatic rings. The van der Waals surface area contributed by atoms with Gasteiger partial charge in [0.1, 0.15) is 0 Å². The summed E-state index contributed by atoms with van der Waals surface area (Å²) in [5.74, 6) is -5.62. The predicted octanol–water partition coefficient (Wildman–Crippen LogP) is 6.46. The van der Waals surface area contributed by atoms with E-state index in [2.05, 4.69) is 13.8 Å². The summed E-state index contributed by atoms with van der Waals surface area (Å²) < 4.78 is 54.4. The summed E-state index contributed by atoms with van der Waals surface area (Å²) in [5.41, 5.74) is -0.176. The first-order valence-corrected chi connectivity index (χ1v) is 9.04. The van der Waals surface area contributed by atoms with E-state index < -0.39 is 23.3 Å². The van der Waals surface area contributed by atoms with Crippen molar-refractivity contribution in [3.8, 4) is 0 Å². The van der Waals surface area contributed by atoms with Crippen molar-refractivity contribution in [2.45, 2.75) is 65.7 Å². The molecule has 1 rings (SSSR count). The van der Waals surface area contributed by atoms with Crippen molar-refractivity contribution in [1.82, 2.24) is 0 Å². The molecule has 138 valence electrons. The molecule has 0 saturated heterocycles. The van der Waals surface area contributed by atoms with Gasteiger partial charge < -0.3 is 4.90 Å². The maximum atomic E-state index is 14.1. The van der Waals surface area contributed by atoms with Crippen molar-refractivity contribution in [3.63, 3.8) is 0 Å². The fourth-order valence-electron chi connectivity index (χ4n) is 2.88. The molecule has 24 heavy (non-hydrogen) atoms. The molecule has 0 N–H and O–H groups in total. The van der Waals surface area contributed by atoms with Crippen LogP contribution in [0.3, 0.4) is 0 Å². The molecule has 0 radical (unpaired) electrons. The number of anilines is 1. The van der Waals surface area contributed by atoms with E-state index in [4.69, 9.17) is 0 Å². The molecule has 0 heterocycles. The van der Waals surface area contributed by atoms with E-state index in [0.29, 0.717) is 19.0 Å². The van der Waals surface area contributed by atoms with Crippen molar-refractivity contribution < 1.29 is 17.6 Å². The van der Waals surface area contributed by atoms with Crippen LogP contribution in [-0.4, -0.2) is 13.1 Å². The zero-order chi connectivity index (χ0) is 18.1. The molecule has 1 aromatic rings. The van der Waals surface area contributed by atoms with Gasteiger partial charge in [-0.1, -0.05) is 52.9 Å². The van der Waals surface area contributed by atoms with Crippen molar-refractivity contribution in [2.24, 2.45) is 5.92 Å². The molecule has 1 atom stereocenters. The molecule has 0 aromatic heterocycles. The predicted molar refractivity (Wildman–Crippen MR) is 91.3 cm³/mol. The molecule has 0 amide bonds. The Bertz CT molecular complexity index is 505. The summed E-state index contributed by atoms with van der Waals surface area (Å²) in [6.07, 6.45) is 6.89. The van der Waals surface area contributed by atoms with Crippen molar-refractivity contribution >= 4 is 5.69 Å². The van der Waals surface area contributed by atoms with Crippen LogP contribution < -0.4 is 4.90 Å². The average Bonchev–Trinajstić information content (AvgIpc) is 2.59. The van der Waals surface area contributed by atoms with Gasteiger partial charge >= 0.3 is 0 Å². The molecule has 1 nitrogen and oxygen atoms in total. The molecule has 0 bridgehead atoms. The van der Waals surface area contributed by atoms with Crippen molar-refractivity contribution in [3.05, 3.63) is 29.3 Å². The summed E-state index contributed by atoms with van der Waals surface area (Å²) in [5, 5.41) is 0. The van der Waals surface area contributed by atoms with Gasteiger partial charge in [0.25, 0.3) is 0 Å².